The fraction of sp³-hybridized carbons (Fsp3) is 0.438. The first-order valence-corrected chi connectivity index (χ1v) is 8.75. The smallest absolute Gasteiger partial charge is 0.216 e. The first-order chi connectivity index (χ1) is 12.0. The minimum absolute atomic E-state index is 0.377. The van der Waals surface area contributed by atoms with Gasteiger partial charge in [0.1, 0.15) is 18.1 Å². The lowest BCUT2D eigenvalue weighted by molar-refractivity contribution is 0.473. The first kappa shape index (κ1) is 19.3. The number of guanidine groups is 1. The molecule has 2 aromatic rings. The Morgan fingerprint density at radius 3 is 2.68 bits per heavy atom. The number of aliphatic imine (C=N–C) groups is 1. The van der Waals surface area contributed by atoms with Gasteiger partial charge in [-0.1, -0.05) is 23.2 Å². The zero-order chi connectivity index (χ0) is 18.2. The molecule has 0 aliphatic rings. The quantitative estimate of drug-likeness (QED) is 0.386. The molecule has 0 atom stereocenters. The highest BCUT2D eigenvalue weighted by molar-refractivity contribution is 6.35. The number of anilines is 1. The predicted molar refractivity (Wildman–Crippen MR) is 102 cm³/mol. The second kappa shape index (κ2) is 9.48. The lowest BCUT2D eigenvalue weighted by Gasteiger charge is -2.12. The van der Waals surface area contributed by atoms with Crippen molar-refractivity contribution in [2.24, 2.45) is 4.99 Å². The number of halogens is 2. The van der Waals surface area contributed by atoms with Gasteiger partial charge in [-0.25, -0.2) is 15.0 Å². The van der Waals surface area contributed by atoms with E-state index in [1.165, 1.54) is 0 Å². The van der Waals surface area contributed by atoms with Crippen LogP contribution < -0.4 is 16.0 Å². The Hall–Kier alpha value is -1.99. The van der Waals surface area contributed by atoms with Gasteiger partial charge in [-0.2, -0.15) is 0 Å². The lowest BCUT2D eigenvalue weighted by atomic mass is 10.4. The second-order valence-electron chi connectivity index (χ2n) is 5.28. The van der Waals surface area contributed by atoms with Gasteiger partial charge in [0.05, 0.1) is 15.7 Å². The topological polar surface area (TPSA) is 87.4 Å². The summed E-state index contributed by atoms with van der Waals surface area (Å²) in [6.07, 6.45) is 1.55. The molecular weight excluding hydrogens is 363 g/mol. The van der Waals surface area contributed by atoms with E-state index in [2.05, 4.69) is 30.9 Å². The molecule has 0 unspecified atom stereocenters. The largest absolute Gasteiger partial charge is 0.444 e. The number of rotatable bonds is 7. The van der Waals surface area contributed by atoms with E-state index in [1.54, 1.807) is 12.3 Å². The van der Waals surface area contributed by atoms with Crippen LogP contribution in [0.4, 0.5) is 5.82 Å². The molecule has 9 heteroatoms. The molecule has 0 saturated heterocycles. The first-order valence-electron chi connectivity index (χ1n) is 7.99. The van der Waals surface area contributed by atoms with Crippen molar-refractivity contribution in [2.45, 2.75) is 27.3 Å². The monoisotopic (exact) mass is 384 g/mol. The Bertz CT molecular complexity index is 712. The maximum Gasteiger partial charge on any atom is 0.216 e. The molecule has 7 nitrogen and oxygen atoms in total. The third kappa shape index (κ3) is 6.10. The van der Waals surface area contributed by atoms with Gasteiger partial charge in [-0.05, 0) is 26.8 Å². The van der Waals surface area contributed by atoms with Crippen molar-refractivity contribution in [3.05, 3.63) is 39.7 Å². The molecule has 0 fully saturated rings. The molecule has 0 saturated carbocycles. The molecule has 2 heterocycles. The Morgan fingerprint density at radius 2 is 2.04 bits per heavy atom. The van der Waals surface area contributed by atoms with Crippen LogP contribution in [0.25, 0.3) is 0 Å². The fourth-order valence-corrected chi connectivity index (χ4v) is 2.45. The van der Waals surface area contributed by atoms with Gasteiger partial charge in [0.2, 0.25) is 5.89 Å². The molecule has 0 spiro atoms. The van der Waals surface area contributed by atoms with Gasteiger partial charge in [0.25, 0.3) is 0 Å². The van der Waals surface area contributed by atoms with E-state index in [0.29, 0.717) is 47.3 Å². The summed E-state index contributed by atoms with van der Waals surface area (Å²) in [5, 5.41) is 10.5. The molecule has 2 rings (SSSR count). The molecule has 0 aliphatic heterocycles. The van der Waals surface area contributed by atoms with Crippen LogP contribution >= 0.6 is 23.2 Å². The van der Waals surface area contributed by atoms with Crippen LogP contribution in [0, 0.1) is 13.8 Å². The molecule has 25 heavy (non-hydrogen) atoms. The summed E-state index contributed by atoms with van der Waals surface area (Å²) in [6.45, 7) is 8.20. The van der Waals surface area contributed by atoms with Crippen molar-refractivity contribution >= 4 is 35.0 Å². The van der Waals surface area contributed by atoms with Crippen LogP contribution in [0.2, 0.25) is 10.0 Å². The van der Waals surface area contributed by atoms with Crippen LogP contribution in [-0.2, 0) is 6.54 Å². The number of aryl methyl sites for hydroxylation is 2. The standard InChI is InChI=1S/C16H22Cl2N6O/c1-4-19-16(23-9-14-24-10(2)11(3)25-14)21-6-5-20-15-13(18)7-12(17)8-22-15/h7-8H,4-6,9H2,1-3H3,(H,20,22)(H2,19,21,23). The van der Waals surface area contributed by atoms with Crippen LogP contribution in [0.3, 0.4) is 0 Å². The number of pyridine rings is 1. The molecule has 0 aromatic carbocycles. The number of hydrogen-bond donors (Lipinski definition) is 3. The van der Waals surface area contributed by atoms with Gasteiger partial charge < -0.3 is 20.4 Å². The summed E-state index contributed by atoms with van der Waals surface area (Å²) in [7, 11) is 0. The SMILES string of the molecule is CCNC(=NCc1nc(C)c(C)o1)NCCNc1ncc(Cl)cc1Cl. The molecule has 0 aliphatic carbocycles. The Balaban J connectivity index is 1.83. The maximum atomic E-state index is 6.07. The molecule has 0 radical (unpaired) electrons. The average Bonchev–Trinajstić information content (AvgIpc) is 2.89. The third-order valence-electron chi connectivity index (χ3n) is 3.31. The zero-order valence-corrected chi connectivity index (χ0v) is 16.0. The zero-order valence-electron chi connectivity index (χ0n) is 14.5. The van der Waals surface area contributed by atoms with Crippen molar-refractivity contribution < 1.29 is 4.42 Å². The van der Waals surface area contributed by atoms with Crippen LogP contribution in [0.5, 0.6) is 0 Å². The summed E-state index contributed by atoms with van der Waals surface area (Å²) in [5.41, 5.74) is 0.889. The van der Waals surface area contributed by atoms with E-state index in [4.69, 9.17) is 27.6 Å². The highest BCUT2D eigenvalue weighted by Crippen LogP contribution is 2.21. The Labute approximate surface area is 157 Å². The van der Waals surface area contributed by atoms with Crippen molar-refractivity contribution in [3.8, 4) is 0 Å². The predicted octanol–water partition coefficient (Wildman–Crippen LogP) is 3.16. The lowest BCUT2D eigenvalue weighted by Crippen LogP contribution is -2.39. The minimum atomic E-state index is 0.377. The summed E-state index contributed by atoms with van der Waals surface area (Å²) in [6, 6.07) is 1.65. The molecular formula is C16H22Cl2N6O. The second-order valence-corrected chi connectivity index (χ2v) is 6.13. The summed E-state index contributed by atoms with van der Waals surface area (Å²) in [5.74, 6) is 2.70. The van der Waals surface area contributed by atoms with E-state index in [-0.39, 0.29) is 0 Å². The number of oxazole rings is 1. The summed E-state index contributed by atoms with van der Waals surface area (Å²) < 4.78 is 5.53. The van der Waals surface area contributed by atoms with E-state index in [0.717, 1.165) is 18.0 Å². The number of hydrogen-bond acceptors (Lipinski definition) is 5. The van der Waals surface area contributed by atoms with E-state index in [1.807, 2.05) is 20.8 Å². The normalized spacial score (nSPS) is 11.5. The average molecular weight is 385 g/mol. The van der Waals surface area contributed by atoms with Crippen LogP contribution in [-0.4, -0.2) is 35.6 Å². The Morgan fingerprint density at radius 1 is 1.24 bits per heavy atom. The summed E-state index contributed by atoms with van der Waals surface area (Å²) in [4.78, 5) is 12.9. The third-order valence-corrected chi connectivity index (χ3v) is 3.80. The van der Waals surface area contributed by atoms with Crippen LogP contribution in [0.15, 0.2) is 21.7 Å². The van der Waals surface area contributed by atoms with Gasteiger partial charge in [-0.15, -0.1) is 0 Å². The number of nitrogens with one attached hydrogen (secondary N) is 3. The van der Waals surface area contributed by atoms with Gasteiger partial charge in [-0.3, -0.25) is 0 Å². The van der Waals surface area contributed by atoms with Gasteiger partial charge in [0.15, 0.2) is 5.96 Å². The molecule has 0 amide bonds. The molecule has 2 aromatic heterocycles. The van der Waals surface area contributed by atoms with Crippen molar-refractivity contribution in [2.75, 3.05) is 25.0 Å². The van der Waals surface area contributed by atoms with Gasteiger partial charge in [0, 0.05) is 25.8 Å². The highest BCUT2D eigenvalue weighted by atomic mass is 35.5. The minimum Gasteiger partial charge on any atom is -0.444 e. The van der Waals surface area contributed by atoms with Gasteiger partial charge >= 0.3 is 0 Å². The fourth-order valence-electron chi connectivity index (χ4n) is 2.00. The molecule has 3 N–H and O–H groups in total. The maximum absolute atomic E-state index is 6.07. The Kier molecular flexibility index (Phi) is 7.33. The van der Waals surface area contributed by atoms with Crippen LogP contribution in [0.1, 0.15) is 24.3 Å². The van der Waals surface area contributed by atoms with E-state index < -0.39 is 0 Å². The van der Waals surface area contributed by atoms with Crippen molar-refractivity contribution in [1.29, 1.82) is 0 Å². The number of nitrogens with zero attached hydrogens (tertiary/aromatic N) is 3. The van der Waals surface area contributed by atoms with Crippen molar-refractivity contribution in [1.82, 2.24) is 20.6 Å². The van der Waals surface area contributed by atoms with Crippen molar-refractivity contribution in [3.63, 3.8) is 0 Å². The highest BCUT2D eigenvalue weighted by Gasteiger charge is 2.06. The number of aromatic nitrogens is 2. The van der Waals surface area contributed by atoms with E-state index >= 15 is 0 Å². The summed E-state index contributed by atoms with van der Waals surface area (Å²) >= 11 is 11.9. The molecule has 136 valence electrons. The van der Waals surface area contributed by atoms with E-state index in [9.17, 15) is 0 Å². The molecule has 0 bridgehead atoms.